The van der Waals surface area contributed by atoms with Crippen LogP contribution >= 0.6 is 0 Å². The first-order chi connectivity index (χ1) is 9.13. The second-order valence-corrected chi connectivity index (χ2v) is 5.31. The summed E-state index contributed by atoms with van der Waals surface area (Å²) in [5.74, 6) is 1.87. The molecule has 0 radical (unpaired) electrons. The highest BCUT2D eigenvalue weighted by Crippen LogP contribution is 2.25. The molecule has 106 valence electrons. The van der Waals surface area contributed by atoms with Crippen LogP contribution in [0.25, 0.3) is 0 Å². The maximum absolute atomic E-state index is 5.88. The number of hydrogen-bond acceptors (Lipinski definition) is 5. The molecule has 1 saturated heterocycles. The topological polar surface area (TPSA) is 58.3 Å². The first-order valence-corrected chi connectivity index (χ1v) is 7.22. The van der Waals surface area contributed by atoms with Gasteiger partial charge >= 0.3 is 0 Å². The average Bonchev–Trinajstić information content (AvgIpc) is 2.40. The van der Waals surface area contributed by atoms with Crippen molar-refractivity contribution in [2.24, 2.45) is 0 Å². The third kappa shape index (κ3) is 3.35. The van der Waals surface area contributed by atoms with E-state index in [4.69, 9.17) is 5.73 Å². The van der Waals surface area contributed by atoms with Gasteiger partial charge < -0.3 is 15.5 Å². The number of likely N-dealkylation sites (N-methyl/N-ethyl adjacent to an activating group) is 1. The van der Waals surface area contributed by atoms with E-state index < -0.39 is 0 Å². The molecule has 0 aromatic carbocycles. The van der Waals surface area contributed by atoms with Crippen LogP contribution in [0.1, 0.15) is 38.3 Å². The van der Waals surface area contributed by atoms with Crippen molar-refractivity contribution in [3.63, 3.8) is 0 Å². The van der Waals surface area contributed by atoms with E-state index in [2.05, 4.69) is 46.7 Å². The molecule has 5 heteroatoms. The molecule has 1 aliphatic heterocycles. The molecule has 1 fully saturated rings. The fourth-order valence-corrected chi connectivity index (χ4v) is 2.59. The number of aromatic nitrogens is 2. The normalized spacial score (nSPS) is 17.2. The summed E-state index contributed by atoms with van der Waals surface area (Å²) in [6.45, 7) is 8.56. The van der Waals surface area contributed by atoms with E-state index in [0.29, 0.717) is 11.9 Å². The summed E-state index contributed by atoms with van der Waals surface area (Å²) < 4.78 is 0. The third-order valence-electron chi connectivity index (χ3n) is 3.98. The first kappa shape index (κ1) is 14.1. The lowest BCUT2D eigenvalue weighted by atomic mass is 9.99. The second kappa shape index (κ2) is 6.19. The Morgan fingerprint density at radius 1 is 1.16 bits per heavy atom. The van der Waals surface area contributed by atoms with Crippen LogP contribution in [0.3, 0.4) is 0 Å². The Morgan fingerprint density at radius 3 is 2.37 bits per heavy atom. The van der Waals surface area contributed by atoms with E-state index in [1.165, 1.54) is 0 Å². The number of nitrogens with zero attached hydrogens (tertiary/aromatic N) is 4. The maximum atomic E-state index is 5.88. The predicted molar refractivity (Wildman–Crippen MR) is 79.5 cm³/mol. The Kier molecular flexibility index (Phi) is 4.58. The molecule has 0 unspecified atom stereocenters. The fraction of sp³-hybridized carbons (Fsp3) is 0.714. The highest BCUT2D eigenvalue weighted by atomic mass is 15.3. The van der Waals surface area contributed by atoms with Gasteiger partial charge in [0.05, 0.1) is 5.69 Å². The molecule has 1 aliphatic rings. The van der Waals surface area contributed by atoms with Gasteiger partial charge in [-0.2, -0.15) is 4.98 Å². The highest BCUT2D eigenvalue weighted by molar-refractivity contribution is 5.44. The third-order valence-corrected chi connectivity index (χ3v) is 3.98. The van der Waals surface area contributed by atoms with Crippen molar-refractivity contribution < 1.29 is 0 Å². The van der Waals surface area contributed by atoms with Gasteiger partial charge in [-0.15, -0.1) is 0 Å². The zero-order valence-electron chi connectivity index (χ0n) is 12.3. The minimum absolute atomic E-state index is 0.401. The Morgan fingerprint density at radius 2 is 1.79 bits per heavy atom. The molecule has 0 spiro atoms. The molecule has 19 heavy (non-hydrogen) atoms. The lowest BCUT2D eigenvalue weighted by Crippen LogP contribution is -2.45. The molecule has 0 atom stereocenters. The van der Waals surface area contributed by atoms with Crippen molar-refractivity contribution in [1.29, 1.82) is 0 Å². The van der Waals surface area contributed by atoms with Crippen LogP contribution in [-0.4, -0.2) is 48.1 Å². The molecule has 5 nitrogen and oxygen atoms in total. The van der Waals surface area contributed by atoms with Crippen LogP contribution in [0.2, 0.25) is 0 Å². The van der Waals surface area contributed by atoms with Gasteiger partial charge in [0.1, 0.15) is 5.82 Å². The van der Waals surface area contributed by atoms with E-state index in [9.17, 15) is 0 Å². The molecule has 2 rings (SSSR count). The Hall–Kier alpha value is -1.36. The van der Waals surface area contributed by atoms with Crippen molar-refractivity contribution in [3.8, 4) is 0 Å². The summed E-state index contributed by atoms with van der Waals surface area (Å²) in [7, 11) is 2.15. The number of rotatable bonds is 4. The zero-order valence-corrected chi connectivity index (χ0v) is 12.3. The molecule has 0 bridgehead atoms. The monoisotopic (exact) mass is 263 g/mol. The summed E-state index contributed by atoms with van der Waals surface area (Å²) in [6, 6.07) is 2.12. The number of nitrogens with two attached hydrogens (primary N) is 1. The van der Waals surface area contributed by atoms with E-state index in [1.807, 2.05) is 0 Å². The van der Waals surface area contributed by atoms with Crippen LogP contribution in [0.4, 0.5) is 11.8 Å². The second-order valence-electron chi connectivity index (χ2n) is 5.31. The summed E-state index contributed by atoms with van der Waals surface area (Å²) >= 11 is 0. The molecule has 1 aromatic rings. The summed E-state index contributed by atoms with van der Waals surface area (Å²) in [5, 5.41) is 0. The number of hydrogen-bond donors (Lipinski definition) is 1. The summed E-state index contributed by atoms with van der Waals surface area (Å²) in [6.07, 6.45) is 2.18. The zero-order chi connectivity index (χ0) is 13.8. The largest absolute Gasteiger partial charge is 0.368 e. The van der Waals surface area contributed by atoms with E-state index in [1.54, 1.807) is 0 Å². The van der Waals surface area contributed by atoms with Crippen molar-refractivity contribution in [2.75, 3.05) is 43.9 Å². The van der Waals surface area contributed by atoms with Crippen LogP contribution in [0.5, 0.6) is 0 Å². The average molecular weight is 263 g/mol. The molecular weight excluding hydrogens is 238 g/mol. The molecule has 1 aromatic heterocycles. The highest BCUT2D eigenvalue weighted by Gasteiger charge is 2.18. The molecule has 0 amide bonds. The van der Waals surface area contributed by atoms with Crippen LogP contribution in [0, 0.1) is 0 Å². The number of nitrogen functional groups attached to an aromatic ring is 1. The van der Waals surface area contributed by atoms with Gasteiger partial charge in [-0.05, 0) is 19.9 Å². The van der Waals surface area contributed by atoms with Gasteiger partial charge in [-0.3, -0.25) is 0 Å². The SMILES string of the molecule is CCC(CC)c1cc(N2CCN(C)CC2)nc(N)n1. The summed E-state index contributed by atoms with van der Waals surface area (Å²) in [4.78, 5) is 13.5. The Labute approximate surface area is 115 Å². The Bertz CT molecular complexity index is 408. The van der Waals surface area contributed by atoms with Crippen molar-refractivity contribution in [1.82, 2.24) is 14.9 Å². The molecule has 2 N–H and O–H groups in total. The van der Waals surface area contributed by atoms with Gasteiger partial charge in [0, 0.05) is 38.2 Å². The number of piperazine rings is 1. The smallest absolute Gasteiger partial charge is 0.222 e. The molecule has 0 saturated carbocycles. The minimum atomic E-state index is 0.401. The standard InChI is InChI=1S/C14H25N5/c1-4-11(5-2)12-10-13(17-14(15)16-12)19-8-6-18(3)7-9-19/h10-11H,4-9H2,1-3H3,(H2,15,16,17). The predicted octanol–water partition coefficient (Wildman–Crippen LogP) is 1.71. The lowest BCUT2D eigenvalue weighted by molar-refractivity contribution is 0.312. The van der Waals surface area contributed by atoms with E-state index in [-0.39, 0.29) is 0 Å². The van der Waals surface area contributed by atoms with E-state index >= 15 is 0 Å². The number of anilines is 2. The van der Waals surface area contributed by atoms with Gasteiger partial charge in [0.2, 0.25) is 5.95 Å². The van der Waals surface area contributed by atoms with Crippen molar-refractivity contribution in [3.05, 3.63) is 11.8 Å². The van der Waals surface area contributed by atoms with Gasteiger partial charge in [0.25, 0.3) is 0 Å². The molecule has 0 aliphatic carbocycles. The van der Waals surface area contributed by atoms with Gasteiger partial charge in [0.15, 0.2) is 0 Å². The quantitative estimate of drug-likeness (QED) is 0.896. The molecule has 2 heterocycles. The maximum Gasteiger partial charge on any atom is 0.222 e. The molecular formula is C14H25N5. The minimum Gasteiger partial charge on any atom is -0.368 e. The fourth-order valence-electron chi connectivity index (χ4n) is 2.59. The van der Waals surface area contributed by atoms with Crippen molar-refractivity contribution >= 4 is 11.8 Å². The van der Waals surface area contributed by atoms with Gasteiger partial charge in [-0.1, -0.05) is 13.8 Å². The van der Waals surface area contributed by atoms with Crippen LogP contribution < -0.4 is 10.6 Å². The van der Waals surface area contributed by atoms with Crippen LogP contribution in [0.15, 0.2) is 6.07 Å². The first-order valence-electron chi connectivity index (χ1n) is 7.22. The summed E-state index contributed by atoms with van der Waals surface area (Å²) in [5.41, 5.74) is 6.97. The lowest BCUT2D eigenvalue weighted by Gasteiger charge is -2.33. The van der Waals surface area contributed by atoms with Gasteiger partial charge in [-0.25, -0.2) is 4.98 Å². The van der Waals surface area contributed by atoms with Crippen LogP contribution in [-0.2, 0) is 0 Å². The van der Waals surface area contributed by atoms with Crippen molar-refractivity contribution in [2.45, 2.75) is 32.6 Å². The Balaban J connectivity index is 2.21. The van der Waals surface area contributed by atoms with E-state index in [0.717, 1.165) is 50.5 Å².